The maximum absolute atomic E-state index is 13.6. The van der Waals surface area contributed by atoms with Gasteiger partial charge in [0, 0.05) is 122 Å². The predicted molar refractivity (Wildman–Crippen MR) is 276 cm³/mol. The van der Waals surface area contributed by atoms with Crippen molar-refractivity contribution in [1.29, 1.82) is 0 Å². The van der Waals surface area contributed by atoms with Crippen molar-refractivity contribution >= 4 is 33.9 Å². The van der Waals surface area contributed by atoms with Crippen molar-refractivity contribution in [2.75, 3.05) is 52.7 Å². The average Bonchev–Trinajstić information content (AvgIpc) is 4.04. The summed E-state index contributed by atoms with van der Waals surface area (Å²) in [7, 11) is 0. The topological polar surface area (TPSA) is 215 Å². The highest BCUT2D eigenvalue weighted by molar-refractivity contribution is 5.80. The lowest BCUT2D eigenvalue weighted by molar-refractivity contribution is -0.948. The molecule has 18 nitrogen and oxygen atoms in total. The Hall–Kier alpha value is -6.22. The smallest absolute Gasteiger partial charge is 0.310 e. The number of hydrogen-bond donors (Lipinski definition) is 2. The molecule has 10 rings (SSSR count). The molecule has 4 aliphatic rings. The van der Waals surface area contributed by atoms with Gasteiger partial charge >= 0.3 is 11.9 Å². The van der Waals surface area contributed by atoms with Gasteiger partial charge in [0.2, 0.25) is 13.5 Å². The zero-order chi connectivity index (χ0) is 53.7. The highest BCUT2D eigenvalue weighted by Crippen LogP contribution is 2.38. The number of ether oxygens (including phenoxy) is 2. The fourth-order valence-electron chi connectivity index (χ4n) is 11.8. The highest BCUT2D eigenvalue weighted by Gasteiger charge is 2.40. The number of rotatable bonds is 16. The number of hydrogen-bond acceptors (Lipinski definition) is 14. The number of benzene rings is 2. The second kappa shape index (κ2) is 23.6. The Morgan fingerprint density at radius 1 is 0.645 bits per heavy atom. The number of esters is 2. The zero-order valence-corrected chi connectivity index (χ0v) is 44.2. The van der Waals surface area contributed by atoms with Gasteiger partial charge in [-0.15, -0.1) is 0 Å². The largest absolute Gasteiger partial charge is 0.415 e. The first-order chi connectivity index (χ1) is 36.6. The molecule has 0 aliphatic carbocycles. The third-order valence-corrected chi connectivity index (χ3v) is 16.4. The third-order valence-electron chi connectivity index (χ3n) is 16.4. The van der Waals surface area contributed by atoms with E-state index < -0.39 is 12.2 Å². The number of likely N-dealkylation sites (tertiary alicyclic amines) is 2. The van der Waals surface area contributed by atoms with Crippen LogP contribution in [0.2, 0.25) is 0 Å². The number of aromatic nitrogens is 6. The van der Waals surface area contributed by atoms with Crippen LogP contribution in [-0.4, -0.2) is 113 Å². The standard InChI is InChI=1S/2C28H36FN4O5/c2*1-3-5-25(35)37-17-33(15-11-21-18(2)30-27-23(34)6-4-12-32(27)28(21)36)13-9-19(10-14-33)26-22-8-7-20(29)16-24(22)38-31-26/h2*7-8,16,19,23,34H,3-6,9-15,17H2,1-2H3/q2*+1. The van der Waals surface area contributed by atoms with E-state index in [-0.39, 0.29) is 60.0 Å². The lowest BCUT2D eigenvalue weighted by Crippen LogP contribution is -2.55. The zero-order valence-electron chi connectivity index (χ0n) is 44.2. The van der Waals surface area contributed by atoms with Crippen LogP contribution in [0.3, 0.4) is 0 Å². The molecule has 4 aromatic heterocycles. The van der Waals surface area contributed by atoms with Crippen molar-refractivity contribution in [2.24, 2.45) is 0 Å². The molecule has 6 aromatic rings. The van der Waals surface area contributed by atoms with Crippen LogP contribution in [0.1, 0.15) is 160 Å². The number of nitrogens with zero attached hydrogens (tertiary/aromatic N) is 8. The Labute approximate surface area is 439 Å². The average molecular weight is 1060 g/mol. The molecule has 0 spiro atoms. The molecule has 2 fully saturated rings. The fraction of sp³-hybridized carbons (Fsp3) is 0.571. The van der Waals surface area contributed by atoms with E-state index in [0.717, 1.165) is 99.7 Å². The van der Waals surface area contributed by atoms with Gasteiger partial charge in [-0.3, -0.25) is 37.3 Å². The van der Waals surface area contributed by atoms with Gasteiger partial charge in [-0.2, -0.15) is 0 Å². The number of halogens is 2. The molecule has 4 aliphatic heterocycles. The highest BCUT2D eigenvalue weighted by atomic mass is 19.1. The van der Waals surface area contributed by atoms with Crippen molar-refractivity contribution in [1.82, 2.24) is 29.4 Å². The fourth-order valence-corrected chi connectivity index (χ4v) is 11.8. The monoisotopic (exact) mass is 1050 g/mol. The first-order valence-electron chi connectivity index (χ1n) is 27.3. The SMILES string of the molecule is CCCC(=O)OC[N+]1(CCc2c(C)nc3n(c2=O)CCCC3O)CCC(c2noc3cc(F)ccc23)CC1.CCCC(=O)OC[N+]1(CCc2c(C)nc3n(c2=O)CCCC3O)CCC(c2noc3cc(F)ccc23)CC1. The maximum atomic E-state index is 13.6. The lowest BCUT2D eigenvalue weighted by Gasteiger charge is -2.42. The van der Waals surface area contributed by atoms with E-state index >= 15 is 0 Å². The number of aliphatic hydroxyl groups is 2. The summed E-state index contributed by atoms with van der Waals surface area (Å²) >= 11 is 0. The van der Waals surface area contributed by atoms with Crippen LogP contribution in [-0.2, 0) is 45.0 Å². The van der Waals surface area contributed by atoms with Crippen molar-refractivity contribution in [3.63, 3.8) is 0 Å². The number of carbonyl (C=O) groups excluding carboxylic acids is 2. The molecule has 2 unspecified atom stereocenters. The van der Waals surface area contributed by atoms with Crippen molar-refractivity contribution in [3.05, 3.63) is 114 Å². The molecule has 8 heterocycles. The van der Waals surface area contributed by atoms with E-state index in [1.807, 2.05) is 27.7 Å². The minimum absolute atomic E-state index is 0.0800. The number of aryl methyl sites for hydroxylation is 2. The Balaban J connectivity index is 0.000000186. The van der Waals surface area contributed by atoms with E-state index in [1.165, 1.54) is 24.3 Å². The number of quaternary nitrogens is 2. The number of aliphatic hydroxyl groups excluding tert-OH is 2. The van der Waals surface area contributed by atoms with Crippen LogP contribution in [0, 0.1) is 25.5 Å². The Bertz CT molecular complexity index is 2960. The molecular weight excluding hydrogens is 983 g/mol. The Morgan fingerprint density at radius 2 is 1.04 bits per heavy atom. The molecule has 2 saturated heterocycles. The van der Waals surface area contributed by atoms with Crippen molar-refractivity contribution in [3.8, 4) is 0 Å². The van der Waals surface area contributed by atoms with Crippen LogP contribution < -0.4 is 11.1 Å². The van der Waals surface area contributed by atoms with E-state index in [0.29, 0.717) is 119 Å². The molecule has 2 atom stereocenters. The second-order valence-electron chi connectivity index (χ2n) is 21.6. The Morgan fingerprint density at radius 3 is 1.42 bits per heavy atom. The third kappa shape index (κ3) is 11.8. The van der Waals surface area contributed by atoms with Gasteiger partial charge in [0.15, 0.2) is 11.2 Å². The molecular formula is C56H72F2N8O10+2. The van der Waals surface area contributed by atoms with Crippen molar-refractivity contribution < 1.29 is 56.1 Å². The molecule has 20 heteroatoms. The van der Waals surface area contributed by atoms with Gasteiger partial charge in [-0.05, 0) is 76.6 Å². The first-order valence-corrected chi connectivity index (χ1v) is 27.3. The van der Waals surface area contributed by atoms with Gasteiger partial charge in [-0.1, -0.05) is 24.2 Å². The normalized spacial score (nSPS) is 23.4. The summed E-state index contributed by atoms with van der Waals surface area (Å²) in [4.78, 5) is 60.4. The summed E-state index contributed by atoms with van der Waals surface area (Å²) in [6.07, 6.45) is 7.75. The van der Waals surface area contributed by atoms with Gasteiger partial charge < -0.3 is 28.7 Å². The minimum atomic E-state index is -0.705. The number of fused-ring (bicyclic) bond motifs is 4. The van der Waals surface area contributed by atoms with E-state index in [9.17, 15) is 38.2 Å². The quantitative estimate of drug-likeness (QED) is 0.0699. The molecule has 0 amide bonds. The number of piperidine rings is 2. The number of carbonyl (C=O) groups is 2. The Kier molecular flexibility index (Phi) is 16.9. The van der Waals surface area contributed by atoms with Crippen molar-refractivity contribution in [2.45, 2.75) is 155 Å². The molecule has 2 aromatic carbocycles. The van der Waals surface area contributed by atoms with Crippen LogP contribution in [0.4, 0.5) is 8.78 Å². The van der Waals surface area contributed by atoms with Crippen LogP contribution in [0.25, 0.3) is 21.9 Å². The summed E-state index contributed by atoms with van der Waals surface area (Å²) in [5.41, 5.74) is 5.03. The van der Waals surface area contributed by atoms with Crippen LogP contribution in [0.15, 0.2) is 55.0 Å². The predicted octanol–water partition coefficient (Wildman–Crippen LogP) is 7.79. The molecule has 0 bridgehead atoms. The minimum Gasteiger partial charge on any atom is -0.415 e. The van der Waals surface area contributed by atoms with Gasteiger partial charge in [-0.25, -0.2) is 18.7 Å². The van der Waals surface area contributed by atoms with E-state index in [4.69, 9.17) is 18.5 Å². The van der Waals surface area contributed by atoms with Crippen LogP contribution in [0.5, 0.6) is 0 Å². The molecule has 408 valence electrons. The van der Waals surface area contributed by atoms with Gasteiger partial charge in [0.1, 0.15) is 35.5 Å². The summed E-state index contributed by atoms with van der Waals surface area (Å²) in [6, 6.07) is 8.99. The molecule has 0 radical (unpaired) electrons. The van der Waals surface area contributed by atoms with Crippen LogP contribution >= 0.6 is 0 Å². The summed E-state index contributed by atoms with van der Waals surface area (Å²) in [6.45, 7) is 13.5. The van der Waals surface area contributed by atoms with E-state index in [1.54, 1.807) is 21.3 Å². The molecule has 0 saturated carbocycles. The van der Waals surface area contributed by atoms with Gasteiger partial charge in [0.25, 0.3) is 11.1 Å². The molecule has 2 N–H and O–H groups in total. The summed E-state index contributed by atoms with van der Waals surface area (Å²) < 4.78 is 53.8. The van der Waals surface area contributed by atoms with E-state index in [2.05, 4.69) is 20.3 Å². The summed E-state index contributed by atoms with van der Waals surface area (Å²) in [5.74, 6) is 0.0873. The first kappa shape index (κ1) is 54.6. The maximum Gasteiger partial charge on any atom is 0.310 e. The molecule has 76 heavy (non-hydrogen) atoms. The second-order valence-corrected chi connectivity index (χ2v) is 21.6. The van der Waals surface area contributed by atoms with Gasteiger partial charge in [0.05, 0.1) is 50.7 Å². The lowest BCUT2D eigenvalue weighted by atomic mass is 9.90. The summed E-state index contributed by atoms with van der Waals surface area (Å²) in [5, 5.41) is 30.8.